The topological polar surface area (TPSA) is 24.8 Å². The number of halogens is 3. The van der Waals surface area contributed by atoms with Crippen molar-refractivity contribution in [2.24, 2.45) is 5.10 Å². The van der Waals surface area contributed by atoms with Gasteiger partial charge in [0.2, 0.25) is 6.23 Å². The first-order valence-corrected chi connectivity index (χ1v) is 10.9. The summed E-state index contributed by atoms with van der Waals surface area (Å²) in [7, 11) is 0. The molecule has 0 aliphatic carbocycles. The van der Waals surface area contributed by atoms with E-state index in [2.05, 4.69) is 55.1 Å². The van der Waals surface area contributed by atoms with E-state index in [0.717, 1.165) is 48.5 Å². The second-order valence-corrected chi connectivity index (χ2v) is 9.13. The van der Waals surface area contributed by atoms with E-state index in [4.69, 9.17) is 21.4 Å². The molecule has 3 aromatic carbocycles. The fourth-order valence-electron chi connectivity index (χ4n) is 3.72. The summed E-state index contributed by atoms with van der Waals surface area (Å²) in [5.41, 5.74) is 4.35. The molecule has 3 aromatic rings. The van der Waals surface area contributed by atoms with Crippen LogP contribution in [0.4, 0.5) is 0 Å². The highest BCUT2D eigenvalue weighted by Crippen LogP contribution is 2.48. The first-order valence-electron chi connectivity index (χ1n) is 8.92. The summed E-state index contributed by atoms with van der Waals surface area (Å²) in [6.07, 6.45) is 0.554. The van der Waals surface area contributed by atoms with Crippen molar-refractivity contribution in [1.29, 1.82) is 0 Å². The van der Waals surface area contributed by atoms with Gasteiger partial charge in [0.1, 0.15) is 5.75 Å². The van der Waals surface area contributed by atoms with E-state index in [1.54, 1.807) is 0 Å². The SMILES string of the molecule is Clc1ccc(C2=NN3C(C2)c2cc(Br)ccc2OC3c2ccc(Br)cc2)cc1. The standard InChI is InChI=1S/C22H15Br2ClN2O/c23-15-5-1-14(2-6-15)22-27-20(18-11-16(24)7-10-21(18)28-22)12-19(26-27)13-3-8-17(25)9-4-13/h1-11,20,22H,12H2. The molecule has 0 spiro atoms. The van der Waals surface area contributed by atoms with Crippen molar-refractivity contribution in [3.63, 3.8) is 0 Å². The van der Waals surface area contributed by atoms with Gasteiger partial charge in [-0.1, -0.05) is 67.7 Å². The van der Waals surface area contributed by atoms with E-state index in [-0.39, 0.29) is 12.3 Å². The van der Waals surface area contributed by atoms with Crippen LogP contribution >= 0.6 is 43.5 Å². The summed E-state index contributed by atoms with van der Waals surface area (Å²) in [6, 6.07) is 22.4. The van der Waals surface area contributed by atoms with Crippen molar-refractivity contribution >= 4 is 49.2 Å². The highest BCUT2D eigenvalue weighted by molar-refractivity contribution is 9.10. The maximum Gasteiger partial charge on any atom is 0.213 e. The number of hydrazone groups is 1. The molecule has 0 N–H and O–H groups in total. The number of hydrogen-bond donors (Lipinski definition) is 0. The van der Waals surface area contributed by atoms with Gasteiger partial charge in [0.05, 0.1) is 11.8 Å². The lowest BCUT2D eigenvalue weighted by Gasteiger charge is -2.38. The summed E-state index contributed by atoms with van der Waals surface area (Å²) in [5.74, 6) is 0.907. The van der Waals surface area contributed by atoms with E-state index in [1.807, 2.05) is 48.5 Å². The van der Waals surface area contributed by atoms with Crippen molar-refractivity contribution in [3.8, 4) is 5.75 Å². The molecule has 0 aromatic heterocycles. The highest BCUT2D eigenvalue weighted by atomic mass is 79.9. The van der Waals surface area contributed by atoms with Crippen molar-refractivity contribution in [1.82, 2.24) is 5.01 Å². The van der Waals surface area contributed by atoms with E-state index in [1.165, 1.54) is 0 Å². The number of ether oxygens (including phenoxy) is 1. The Labute approximate surface area is 185 Å². The zero-order valence-electron chi connectivity index (χ0n) is 14.6. The Balaban J connectivity index is 1.59. The molecule has 0 fully saturated rings. The fraction of sp³-hybridized carbons (Fsp3) is 0.136. The maximum absolute atomic E-state index is 6.39. The van der Waals surface area contributed by atoms with Crippen LogP contribution in [0.3, 0.4) is 0 Å². The average molecular weight is 519 g/mol. The number of rotatable bonds is 2. The van der Waals surface area contributed by atoms with Crippen LogP contribution in [0.15, 0.2) is 80.8 Å². The first-order chi connectivity index (χ1) is 13.6. The van der Waals surface area contributed by atoms with Crippen LogP contribution < -0.4 is 4.74 Å². The second kappa shape index (κ2) is 7.21. The summed E-state index contributed by atoms with van der Waals surface area (Å²) in [4.78, 5) is 0. The number of benzene rings is 3. The third-order valence-electron chi connectivity index (χ3n) is 5.08. The normalized spacial score (nSPS) is 20.2. The molecule has 2 unspecified atom stereocenters. The molecular formula is C22H15Br2ClN2O. The molecule has 0 amide bonds. The molecule has 0 saturated heterocycles. The van der Waals surface area contributed by atoms with Gasteiger partial charge in [-0.05, 0) is 48.0 Å². The van der Waals surface area contributed by atoms with Crippen LogP contribution in [0.2, 0.25) is 5.02 Å². The zero-order valence-corrected chi connectivity index (χ0v) is 18.6. The van der Waals surface area contributed by atoms with E-state index in [0.29, 0.717) is 0 Å². The van der Waals surface area contributed by atoms with Gasteiger partial charge in [0, 0.05) is 31.5 Å². The Morgan fingerprint density at radius 3 is 2.39 bits per heavy atom. The van der Waals surface area contributed by atoms with Crippen molar-refractivity contribution < 1.29 is 4.74 Å². The molecule has 6 heteroatoms. The fourth-order valence-corrected chi connectivity index (χ4v) is 4.49. The van der Waals surface area contributed by atoms with Gasteiger partial charge in [-0.3, -0.25) is 0 Å². The van der Waals surface area contributed by atoms with Gasteiger partial charge < -0.3 is 4.74 Å². The minimum atomic E-state index is -0.267. The van der Waals surface area contributed by atoms with Crippen LogP contribution in [0.5, 0.6) is 5.75 Å². The molecule has 2 atom stereocenters. The van der Waals surface area contributed by atoms with E-state index < -0.39 is 0 Å². The van der Waals surface area contributed by atoms with Gasteiger partial charge in [0.15, 0.2) is 0 Å². The molecule has 140 valence electrons. The molecule has 28 heavy (non-hydrogen) atoms. The Hall–Kier alpha value is -1.82. The molecule has 2 aliphatic rings. The average Bonchev–Trinajstić information content (AvgIpc) is 3.14. The first kappa shape index (κ1) is 18.2. The summed E-state index contributed by atoms with van der Waals surface area (Å²) < 4.78 is 8.47. The lowest BCUT2D eigenvalue weighted by molar-refractivity contribution is -0.0190. The smallest absolute Gasteiger partial charge is 0.213 e. The van der Waals surface area contributed by atoms with Gasteiger partial charge in [-0.2, -0.15) is 5.10 Å². The largest absolute Gasteiger partial charge is 0.464 e. The van der Waals surface area contributed by atoms with Crippen molar-refractivity contribution in [2.75, 3.05) is 0 Å². The van der Waals surface area contributed by atoms with Crippen LogP contribution in [-0.4, -0.2) is 10.7 Å². The second-order valence-electron chi connectivity index (χ2n) is 6.86. The molecule has 0 saturated carbocycles. The predicted octanol–water partition coefficient (Wildman–Crippen LogP) is 7.11. The lowest BCUT2D eigenvalue weighted by Crippen LogP contribution is -2.33. The third-order valence-corrected chi connectivity index (χ3v) is 6.36. The Bertz CT molecular complexity index is 1070. The third kappa shape index (κ3) is 3.25. The van der Waals surface area contributed by atoms with Crippen LogP contribution in [-0.2, 0) is 0 Å². The molecule has 3 nitrogen and oxygen atoms in total. The van der Waals surface area contributed by atoms with Crippen LogP contribution in [0, 0.1) is 0 Å². The number of fused-ring (bicyclic) bond motifs is 3. The van der Waals surface area contributed by atoms with E-state index >= 15 is 0 Å². The van der Waals surface area contributed by atoms with Gasteiger partial charge in [-0.15, -0.1) is 0 Å². The van der Waals surface area contributed by atoms with Crippen molar-refractivity contribution in [2.45, 2.75) is 18.7 Å². The van der Waals surface area contributed by atoms with E-state index in [9.17, 15) is 0 Å². The molecule has 0 bridgehead atoms. The Morgan fingerprint density at radius 1 is 0.929 bits per heavy atom. The van der Waals surface area contributed by atoms with Crippen molar-refractivity contribution in [3.05, 3.63) is 97.4 Å². The summed E-state index contributed by atoms with van der Waals surface area (Å²) in [5, 5.41) is 7.79. The number of hydrogen-bond acceptors (Lipinski definition) is 3. The minimum absolute atomic E-state index is 0.126. The summed E-state index contributed by atoms with van der Waals surface area (Å²) >= 11 is 13.2. The quantitative estimate of drug-likeness (QED) is 0.361. The van der Waals surface area contributed by atoms with Crippen LogP contribution in [0.25, 0.3) is 0 Å². The van der Waals surface area contributed by atoms with Gasteiger partial charge >= 0.3 is 0 Å². The summed E-state index contributed by atoms with van der Waals surface area (Å²) in [6.45, 7) is 0. The lowest BCUT2D eigenvalue weighted by atomic mass is 9.96. The maximum atomic E-state index is 6.39. The zero-order chi connectivity index (χ0) is 19.3. The molecular weight excluding hydrogens is 504 g/mol. The monoisotopic (exact) mass is 516 g/mol. The highest BCUT2D eigenvalue weighted by Gasteiger charge is 2.41. The minimum Gasteiger partial charge on any atom is -0.464 e. The molecule has 2 aliphatic heterocycles. The molecule has 0 radical (unpaired) electrons. The van der Waals surface area contributed by atoms with Gasteiger partial charge in [-0.25, -0.2) is 5.01 Å². The van der Waals surface area contributed by atoms with Crippen LogP contribution in [0.1, 0.15) is 35.4 Å². The number of nitrogens with zero attached hydrogens (tertiary/aromatic N) is 2. The molecule has 5 rings (SSSR count). The molecule has 2 heterocycles. The Morgan fingerprint density at radius 2 is 1.64 bits per heavy atom. The predicted molar refractivity (Wildman–Crippen MR) is 119 cm³/mol. The Kier molecular flexibility index (Phi) is 4.69. The van der Waals surface area contributed by atoms with Gasteiger partial charge in [0.25, 0.3) is 0 Å².